The largest absolute Gasteiger partial charge is 0.480 e. The first-order chi connectivity index (χ1) is 7.57. The Labute approximate surface area is 101 Å². The van der Waals surface area contributed by atoms with Gasteiger partial charge in [0.1, 0.15) is 6.04 Å². The highest BCUT2D eigenvalue weighted by molar-refractivity contribution is 7.98. The van der Waals surface area contributed by atoms with Gasteiger partial charge in [-0.25, -0.2) is 0 Å². The van der Waals surface area contributed by atoms with E-state index in [1.807, 2.05) is 24.5 Å². The first-order valence-corrected chi connectivity index (χ1v) is 6.46. The summed E-state index contributed by atoms with van der Waals surface area (Å²) in [5.74, 6) is -0.1000. The lowest BCUT2D eigenvalue weighted by Gasteiger charge is -2.02. The van der Waals surface area contributed by atoms with Crippen molar-refractivity contribution in [3.05, 3.63) is 35.9 Å². The van der Waals surface area contributed by atoms with E-state index < -0.39 is 12.0 Å². The predicted molar refractivity (Wildman–Crippen MR) is 69.8 cm³/mol. The Bertz CT molecular complexity index is 290. The molecule has 0 aliphatic rings. The molecule has 0 radical (unpaired) electrons. The third-order valence-electron chi connectivity index (χ3n) is 1.89. The van der Waals surface area contributed by atoms with Crippen LogP contribution >= 0.6 is 11.8 Å². The fourth-order valence-electron chi connectivity index (χ4n) is 0.903. The quantitative estimate of drug-likeness (QED) is 0.847. The predicted octanol–water partition coefficient (Wildman–Crippen LogP) is 2.15. The van der Waals surface area contributed by atoms with Gasteiger partial charge in [0.15, 0.2) is 0 Å². The second-order valence-electron chi connectivity index (χ2n) is 3.38. The van der Waals surface area contributed by atoms with Gasteiger partial charge in [0, 0.05) is 0 Å². The van der Waals surface area contributed by atoms with Gasteiger partial charge in [0.2, 0.25) is 0 Å². The molecular formula is C12H19NO2S. The van der Waals surface area contributed by atoms with E-state index >= 15 is 0 Å². The third kappa shape index (κ3) is 8.32. The number of thioether (sulfide) groups is 1. The molecule has 0 saturated heterocycles. The Balaban J connectivity index is 0.000000288. The van der Waals surface area contributed by atoms with Gasteiger partial charge in [0.25, 0.3) is 0 Å². The molecule has 0 bridgehead atoms. The molecule has 0 aliphatic heterocycles. The molecule has 0 unspecified atom stereocenters. The van der Waals surface area contributed by atoms with Gasteiger partial charge in [-0.1, -0.05) is 35.9 Å². The zero-order valence-corrected chi connectivity index (χ0v) is 10.5. The highest BCUT2D eigenvalue weighted by atomic mass is 32.2. The average Bonchev–Trinajstić information content (AvgIpc) is 2.27. The van der Waals surface area contributed by atoms with Crippen molar-refractivity contribution in [3.8, 4) is 0 Å². The summed E-state index contributed by atoms with van der Waals surface area (Å²) in [6.07, 6.45) is 2.48. The lowest BCUT2D eigenvalue weighted by molar-refractivity contribution is -0.138. The molecule has 3 N–H and O–H groups in total. The highest BCUT2D eigenvalue weighted by Gasteiger charge is 2.08. The van der Waals surface area contributed by atoms with Crippen LogP contribution in [0.25, 0.3) is 0 Å². The first-order valence-electron chi connectivity index (χ1n) is 5.07. The molecule has 0 heterocycles. The van der Waals surface area contributed by atoms with Crippen molar-refractivity contribution in [2.24, 2.45) is 5.73 Å². The van der Waals surface area contributed by atoms with E-state index in [2.05, 4.69) is 19.1 Å². The molecule has 16 heavy (non-hydrogen) atoms. The number of rotatable bonds is 4. The molecule has 1 atom stereocenters. The average molecular weight is 241 g/mol. The van der Waals surface area contributed by atoms with Crippen LogP contribution in [0.5, 0.6) is 0 Å². The normalized spacial score (nSPS) is 11.2. The minimum Gasteiger partial charge on any atom is -0.480 e. The van der Waals surface area contributed by atoms with Crippen LogP contribution in [-0.2, 0) is 4.79 Å². The van der Waals surface area contributed by atoms with E-state index in [-0.39, 0.29) is 0 Å². The van der Waals surface area contributed by atoms with E-state index in [0.717, 1.165) is 5.75 Å². The minimum atomic E-state index is -0.913. The zero-order chi connectivity index (χ0) is 12.4. The third-order valence-corrected chi connectivity index (χ3v) is 2.53. The number of nitrogens with two attached hydrogens (primary N) is 1. The molecule has 0 amide bonds. The Morgan fingerprint density at radius 2 is 2.00 bits per heavy atom. The van der Waals surface area contributed by atoms with Crippen LogP contribution in [-0.4, -0.2) is 29.1 Å². The van der Waals surface area contributed by atoms with Crippen LogP contribution in [0.2, 0.25) is 0 Å². The van der Waals surface area contributed by atoms with E-state index in [9.17, 15) is 4.79 Å². The van der Waals surface area contributed by atoms with Crippen molar-refractivity contribution in [2.75, 3.05) is 12.0 Å². The zero-order valence-electron chi connectivity index (χ0n) is 9.72. The number of carbonyl (C=O) groups is 1. The molecular weight excluding hydrogens is 222 g/mol. The van der Waals surface area contributed by atoms with Crippen molar-refractivity contribution < 1.29 is 9.90 Å². The molecule has 0 fully saturated rings. The van der Waals surface area contributed by atoms with Crippen molar-refractivity contribution in [2.45, 2.75) is 19.4 Å². The topological polar surface area (TPSA) is 63.3 Å². The van der Waals surface area contributed by atoms with Gasteiger partial charge in [-0.2, -0.15) is 11.8 Å². The second kappa shape index (κ2) is 9.24. The summed E-state index contributed by atoms with van der Waals surface area (Å²) in [5, 5.41) is 8.27. The number of benzene rings is 1. The minimum absolute atomic E-state index is 0.552. The molecule has 1 aromatic carbocycles. The van der Waals surface area contributed by atoms with Crippen LogP contribution in [0.4, 0.5) is 0 Å². The number of aliphatic carboxylic acids is 1. The molecule has 0 saturated carbocycles. The number of hydrogen-bond donors (Lipinski definition) is 2. The number of hydrogen-bond acceptors (Lipinski definition) is 3. The van der Waals surface area contributed by atoms with Gasteiger partial charge in [-0.05, 0) is 25.4 Å². The number of aryl methyl sites for hydroxylation is 1. The molecule has 0 aromatic heterocycles. The van der Waals surface area contributed by atoms with Gasteiger partial charge in [-0.3, -0.25) is 4.79 Å². The summed E-state index contributed by atoms with van der Waals surface area (Å²) >= 11 is 1.60. The Morgan fingerprint density at radius 1 is 1.44 bits per heavy atom. The molecule has 0 aliphatic carbocycles. The maximum absolute atomic E-state index is 10.1. The lowest BCUT2D eigenvalue weighted by atomic mass is 10.2. The van der Waals surface area contributed by atoms with Crippen LogP contribution in [0, 0.1) is 6.92 Å². The van der Waals surface area contributed by atoms with E-state index in [1.165, 1.54) is 5.56 Å². The summed E-state index contributed by atoms with van der Waals surface area (Å²) in [5.41, 5.74) is 6.51. The molecule has 0 spiro atoms. The molecule has 3 nitrogen and oxygen atoms in total. The molecule has 90 valence electrons. The molecule has 1 aromatic rings. The summed E-state index contributed by atoms with van der Waals surface area (Å²) in [7, 11) is 0. The Kier molecular flexibility index (Phi) is 8.66. The van der Waals surface area contributed by atoms with Gasteiger partial charge in [0.05, 0.1) is 0 Å². The Hall–Kier alpha value is -1.00. The first kappa shape index (κ1) is 15.0. The molecule has 1 rings (SSSR count). The molecule has 4 heteroatoms. The summed E-state index contributed by atoms with van der Waals surface area (Å²) < 4.78 is 0. The second-order valence-corrected chi connectivity index (χ2v) is 4.37. The highest BCUT2D eigenvalue weighted by Crippen LogP contribution is 1.97. The van der Waals surface area contributed by atoms with Crippen molar-refractivity contribution in [1.29, 1.82) is 0 Å². The maximum Gasteiger partial charge on any atom is 0.320 e. The van der Waals surface area contributed by atoms with E-state index in [4.69, 9.17) is 10.8 Å². The fraction of sp³-hybridized carbons (Fsp3) is 0.417. The van der Waals surface area contributed by atoms with Gasteiger partial charge < -0.3 is 10.8 Å². The van der Waals surface area contributed by atoms with E-state index in [0.29, 0.717) is 6.42 Å². The van der Waals surface area contributed by atoms with Crippen molar-refractivity contribution >= 4 is 17.7 Å². The van der Waals surface area contributed by atoms with E-state index in [1.54, 1.807) is 11.8 Å². The van der Waals surface area contributed by atoms with Crippen LogP contribution in [0.15, 0.2) is 30.3 Å². The van der Waals surface area contributed by atoms with Crippen molar-refractivity contribution in [3.63, 3.8) is 0 Å². The summed E-state index contributed by atoms with van der Waals surface area (Å²) in [6, 6.07) is 9.58. The van der Waals surface area contributed by atoms with Crippen molar-refractivity contribution in [1.82, 2.24) is 0 Å². The number of carboxylic acids is 1. The number of carboxylic acid groups (broad SMARTS) is 1. The van der Waals surface area contributed by atoms with Crippen LogP contribution < -0.4 is 5.73 Å². The lowest BCUT2D eigenvalue weighted by Crippen LogP contribution is -2.30. The van der Waals surface area contributed by atoms with Crippen LogP contribution in [0.1, 0.15) is 12.0 Å². The SMILES string of the molecule is CSCC[C@H](N)C(=O)O.Cc1ccccc1. The van der Waals surface area contributed by atoms with Gasteiger partial charge in [-0.15, -0.1) is 0 Å². The maximum atomic E-state index is 10.1. The Morgan fingerprint density at radius 3 is 2.31 bits per heavy atom. The van der Waals surface area contributed by atoms with Gasteiger partial charge >= 0.3 is 5.97 Å². The summed E-state index contributed by atoms with van der Waals surface area (Å²) in [6.45, 7) is 2.08. The van der Waals surface area contributed by atoms with Crippen LogP contribution in [0.3, 0.4) is 0 Å². The summed E-state index contributed by atoms with van der Waals surface area (Å²) in [4.78, 5) is 10.1. The smallest absolute Gasteiger partial charge is 0.320 e. The fourth-order valence-corrected chi connectivity index (χ4v) is 1.39. The monoisotopic (exact) mass is 241 g/mol. The standard InChI is InChI=1S/C7H8.C5H11NO2S/c1-7-5-3-2-4-6-7;1-9-3-2-4(6)5(7)8/h2-6H,1H3;4H,2-3,6H2,1H3,(H,7,8)/t;4-/m.0/s1.